The summed E-state index contributed by atoms with van der Waals surface area (Å²) in [5.41, 5.74) is 2.03. The molecule has 1 aromatic heterocycles. The van der Waals surface area contributed by atoms with Gasteiger partial charge in [-0.2, -0.15) is 5.10 Å². The quantitative estimate of drug-likeness (QED) is 0.482. The topological polar surface area (TPSA) is 130 Å². The van der Waals surface area contributed by atoms with E-state index in [2.05, 4.69) is 15.5 Å². The van der Waals surface area contributed by atoms with Crippen molar-refractivity contribution < 1.29 is 19.6 Å². The minimum absolute atomic E-state index is 0.149. The lowest BCUT2D eigenvalue weighted by Crippen LogP contribution is -2.18. The maximum absolute atomic E-state index is 11.8. The van der Waals surface area contributed by atoms with Gasteiger partial charge in [0.15, 0.2) is 0 Å². The number of nitrogens with one attached hydrogen (secondary N) is 1. The highest BCUT2D eigenvalue weighted by molar-refractivity contribution is 5.93. The van der Waals surface area contributed by atoms with Crippen molar-refractivity contribution in [3.05, 3.63) is 57.9 Å². The monoisotopic (exact) mass is 329 g/mol. The molecule has 124 valence electrons. The summed E-state index contributed by atoms with van der Waals surface area (Å²) in [6.45, 7) is 1.84. The van der Waals surface area contributed by atoms with Gasteiger partial charge in [0.25, 0.3) is 11.6 Å². The van der Waals surface area contributed by atoms with Gasteiger partial charge in [-0.15, -0.1) is 0 Å². The number of benzene rings is 1. The SMILES string of the molecule is CCOc1cc(/C=N\NC(=O)c2ccccn2)cc([N+](=O)[O-])c1[O-]. The van der Waals surface area contributed by atoms with E-state index in [1.54, 1.807) is 19.1 Å². The van der Waals surface area contributed by atoms with Crippen molar-refractivity contribution in [3.63, 3.8) is 0 Å². The Hall–Kier alpha value is -3.49. The van der Waals surface area contributed by atoms with Crippen LogP contribution in [0.5, 0.6) is 11.5 Å². The first-order valence-corrected chi connectivity index (χ1v) is 6.89. The van der Waals surface area contributed by atoms with E-state index in [0.717, 1.165) is 6.07 Å². The predicted molar refractivity (Wildman–Crippen MR) is 83.0 cm³/mol. The van der Waals surface area contributed by atoms with Crippen LogP contribution in [0.4, 0.5) is 5.69 Å². The number of nitro groups is 1. The fourth-order valence-corrected chi connectivity index (χ4v) is 1.80. The summed E-state index contributed by atoms with van der Waals surface area (Å²) in [4.78, 5) is 25.7. The molecule has 1 amide bonds. The average Bonchev–Trinajstić information content (AvgIpc) is 2.58. The van der Waals surface area contributed by atoms with E-state index in [9.17, 15) is 20.0 Å². The molecule has 9 nitrogen and oxygen atoms in total. The molecule has 1 N–H and O–H groups in total. The van der Waals surface area contributed by atoms with Gasteiger partial charge in [0, 0.05) is 23.6 Å². The third-order valence-corrected chi connectivity index (χ3v) is 2.83. The number of hydrazone groups is 1. The van der Waals surface area contributed by atoms with Crippen LogP contribution in [0.2, 0.25) is 0 Å². The van der Waals surface area contributed by atoms with Gasteiger partial charge in [-0.05, 0) is 25.1 Å². The van der Waals surface area contributed by atoms with Gasteiger partial charge < -0.3 is 9.84 Å². The normalized spacial score (nSPS) is 10.5. The Labute approximate surface area is 136 Å². The van der Waals surface area contributed by atoms with Crippen molar-refractivity contribution in [1.82, 2.24) is 10.4 Å². The number of nitrogens with zero attached hydrogens (tertiary/aromatic N) is 3. The van der Waals surface area contributed by atoms with Crippen molar-refractivity contribution in [2.45, 2.75) is 6.92 Å². The second-order valence-electron chi connectivity index (χ2n) is 4.47. The summed E-state index contributed by atoms with van der Waals surface area (Å²) >= 11 is 0. The minimum Gasteiger partial charge on any atom is -0.865 e. The number of hydrogen-bond acceptors (Lipinski definition) is 7. The Bertz CT molecular complexity index is 777. The summed E-state index contributed by atoms with van der Waals surface area (Å²) < 4.78 is 5.09. The molecule has 0 saturated heterocycles. The predicted octanol–water partition coefficient (Wildman–Crippen LogP) is 1.23. The van der Waals surface area contributed by atoms with Gasteiger partial charge in [-0.1, -0.05) is 6.07 Å². The second-order valence-corrected chi connectivity index (χ2v) is 4.47. The zero-order valence-electron chi connectivity index (χ0n) is 12.6. The molecule has 24 heavy (non-hydrogen) atoms. The van der Waals surface area contributed by atoms with Crippen molar-refractivity contribution in [3.8, 4) is 11.5 Å². The van der Waals surface area contributed by atoms with Crippen LogP contribution in [0.3, 0.4) is 0 Å². The average molecular weight is 329 g/mol. The Balaban J connectivity index is 2.19. The molecule has 0 bridgehead atoms. The standard InChI is InChI=1S/C15H14N4O5/c1-2-24-13-8-10(7-12(14(13)20)19(22)23)9-17-18-15(21)11-5-3-4-6-16-11/h3-9,20H,2H2,1H3,(H,18,21)/p-1/b17-9-. The Morgan fingerprint density at radius 2 is 2.25 bits per heavy atom. The fourth-order valence-electron chi connectivity index (χ4n) is 1.80. The largest absolute Gasteiger partial charge is 0.865 e. The lowest BCUT2D eigenvalue weighted by molar-refractivity contribution is -0.398. The lowest BCUT2D eigenvalue weighted by atomic mass is 10.2. The van der Waals surface area contributed by atoms with Crippen molar-refractivity contribution >= 4 is 17.8 Å². The van der Waals surface area contributed by atoms with E-state index in [1.165, 1.54) is 24.5 Å². The van der Waals surface area contributed by atoms with E-state index in [4.69, 9.17) is 4.74 Å². The van der Waals surface area contributed by atoms with Crippen LogP contribution in [0.1, 0.15) is 23.0 Å². The molecule has 0 saturated carbocycles. The molecule has 0 radical (unpaired) electrons. The van der Waals surface area contributed by atoms with Gasteiger partial charge in [-0.25, -0.2) is 5.43 Å². The number of carbonyl (C=O) groups is 1. The van der Waals surface area contributed by atoms with Gasteiger partial charge in [-0.3, -0.25) is 19.9 Å². The molecule has 1 heterocycles. The van der Waals surface area contributed by atoms with Crippen LogP contribution in [0.15, 0.2) is 41.6 Å². The van der Waals surface area contributed by atoms with Crippen LogP contribution in [-0.4, -0.2) is 28.6 Å². The zero-order chi connectivity index (χ0) is 17.5. The number of rotatable bonds is 6. The van der Waals surface area contributed by atoms with E-state index < -0.39 is 22.3 Å². The van der Waals surface area contributed by atoms with Crippen LogP contribution in [0.25, 0.3) is 0 Å². The molecule has 0 aliphatic heterocycles. The molecule has 0 fully saturated rings. The summed E-state index contributed by atoms with van der Waals surface area (Å²) in [5, 5.41) is 26.5. The fraction of sp³-hybridized carbons (Fsp3) is 0.133. The number of pyridine rings is 1. The summed E-state index contributed by atoms with van der Waals surface area (Å²) in [7, 11) is 0. The van der Waals surface area contributed by atoms with Crippen LogP contribution in [0, 0.1) is 10.1 Å². The number of nitro benzene ring substituents is 1. The maximum atomic E-state index is 11.8. The molecule has 0 aliphatic carbocycles. The van der Waals surface area contributed by atoms with Crippen LogP contribution < -0.4 is 15.3 Å². The molecular weight excluding hydrogens is 316 g/mol. The maximum Gasteiger partial charge on any atom is 0.289 e. The molecule has 9 heteroatoms. The first-order valence-electron chi connectivity index (χ1n) is 6.89. The highest BCUT2D eigenvalue weighted by Crippen LogP contribution is 2.34. The molecule has 2 aromatic rings. The van der Waals surface area contributed by atoms with E-state index >= 15 is 0 Å². The summed E-state index contributed by atoms with van der Waals surface area (Å²) in [5.74, 6) is -1.49. The van der Waals surface area contributed by atoms with Crippen LogP contribution in [-0.2, 0) is 0 Å². The third kappa shape index (κ3) is 4.03. The molecule has 1 aromatic carbocycles. The van der Waals surface area contributed by atoms with Gasteiger partial charge in [0.1, 0.15) is 11.4 Å². The van der Waals surface area contributed by atoms with Crippen LogP contribution >= 0.6 is 0 Å². The Morgan fingerprint density at radius 1 is 1.46 bits per heavy atom. The first-order chi connectivity index (χ1) is 11.5. The number of ether oxygens (including phenoxy) is 1. The molecule has 0 atom stereocenters. The van der Waals surface area contributed by atoms with Gasteiger partial charge in [0.05, 0.1) is 17.7 Å². The van der Waals surface area contributed by atoms with Gasteiger partial charge in [0.2, 0.25) is 0 Å². The summed E-state index contributed by atoms with van der Waals surface area (Å²) in [6.07, 6.45) is 2.64. The molecule has 0 aliphatic rings. The van der Waals surface area contributed by atoms with Crippen molar-refractivity contribution in [2.75, 3.05) is 6.61 Å². The number of carbonyl (C=O) groups excluding carboxylic acids is 1. The van der Waals surface area contributed by atoms with Crippen molar-refractivity contribution in [1.29, 1.82) is 0 Å². The summed E-state index contributed by atoms with van der Waals surface area (Å²) in [6, 6.07) is 7.20. The smallest absolute Gasteiger partial charge is 0.289 e. The minimum atomic E-state index is -0.809. The van der Waals surface area contributed by atoms with Crippen molar-refractivity contribution in [2.24, 2.45) is 5.10 Å². The third-order valence-electron chi connectivity index (χ3n) is 2.83. The number of amides is 1. The highest BCUT2D eigenvalue weighted by atomic mass is 16.6. The van der Waals surface area contributed by atoms with E-state index in [0.29, 0.717) is 0 Å². The molecule has 2 rings (SSSR count). The number of aromatic nitrogens is 1. The van der Waals surface area contributed by atoms with E-state index in [-0.39, 0.29) is 23.6 Å². The number of hydrogen-bond donors (Lipinski definition) is 1. The molecule has 0 unspecified atom stereocenters. The van der Waals surface area contributed by atoms with E-state index in [1.807, 2.05) is 0 Å². The Kier molecular flexibility index (Phi) is 5.40. The van der Waals surface area contributed by atoms with Gasteiger partial charge >= 0.3 is 0 Å². The molecule has 0 spiro atoms. The first kappa shape index (κ1) is 16.9. The lowest BCUT2D eigenvalue weighted by Gasteiger charge is -2.14. The Morgan fingerprint density at radius 3 is 2.88 bits per heavy atom. The molecular formula is C15H13N4O5-. The highest BCUT2D eigenvalue weighted by Gasteiger charge is 2.13. The zero-order valence-corrected chi connectivity index (χ0v) is 12.6. The second kappa shape index (κ2) is 7.68.